The zero-order valence-electron chi connectivity index (χ0n) is 8.42. The van der Waals surface area contributed by atoms with Crippen molar-refractivity contribution in [1.29, 1.82) is 0 Å². The van der Waals surface area contributed by atoms with Gasteiger partial charge >= 0.3 is 13.8 Å². The van der Waals surface area contributed by atoms with E-state index >= 15 is 0 Å². The molecular weight excluding hydrogens is 225 g/mol. The molecule has 1 unspecified atom stereocenters. The molecule has 0 fully saturated rings. The average molecular weight is 241 g/mol. The second-order valence-corrected chi connectivity index (χ2v) is 4.20. The summed E-state index contributed by atoms with van der Waals surface area (Å²) >= 11 is 0. The first-order valence-electron chi connectivity index (χ1n) is 4.53. The molecule has 0 bridgehead atoms. The van der Waals surface area contributed by atoms with E-state index in [2.05, 4.69) is 9.84 Å². The van der Waals surface area contributed by atoms with Gasteiger partial charge in [0.25, 0.3) is 0 Å². The fourth-order valence-electron chi connectivity index (χ4n) is 0.921. The first-order chi connectivity index (χ1) is 6.87. The molecule has 0 rings (SSSR count). The molecule has 8 heteroatoms. The predicted molar refractivity (Wildman–Crippen MR) is 52.3 cm³/mol. The maximum absolute atomic E-state index is 10.6. The minimum absolute atomic E-state index is 0.0143. The molecule has 0 radical (unpaired) electrons. The number of phosphoric ester groups is 1. The Bertz CT molecular complexity index is 240. The lowest BCUT2D eigenvalue weighted by molar-refractivity contribution is -0.139. The lowest BCUT2D eigenvalue weighted by atomic mass is 10.2. The third kappa shape index (κ3) is 8.53. The van der Waals surface area contributed by atoms with E-state index in [1.54, 1.807) is 0 Å². The zero-order valence-corrected chi connectivity index (χ0v) is 9.31. The van der Waals surface area contributed by atoms with Gasteiger partial charge in [-0.05, 0) is 19.4 Å². The summed E-state index contributed by atoms with van der Waals surface area (Å²) in [6.07, 6.45) is 0.795. The van der Waals surface area contributed by atoms with E-state index in [-0.39, 0.29) is 13.0 Å². The van der Waals surface area contributed by atoms with Gasteiger partial charge in [0.2, 0.25) is 0 Å². The fourth-order valence-corrected chi connectivity index (χ4v) is 1.26. The van der Waals surface area contributed by atoms with E-state index in [4.69, 9.17) is 14.9 Å². The molecule has 4 N–H and O–H groups in total. The Morgan fingerprint density at radius 2 is 2.13 bits per heavy atom. The van der Waals surface area contributed by atoms with Crippen LogP contribution >= 0.6 is 7.82 Å². The number of hydrogen-bond donors (Lipinski definition) is 4. The van der Waals surface area contributed by atoms with Crippen LogP contribution in [0.25, 0.3) is 0 Å². The highest BCUT2D eigenvalue weighted by Crippen LogP contribution is 2.35. The van der Waals surface area contributed by atoms with Crippen LogP contribution in [0, 0.1) is 0 Å². The van der Waals surface area contributed by atoms with E-state index in [9.17, 15) is 9.36 Å². The maximum atomic E-state index is 10.6. The molecule has 15 heavy (non-hydrogen) atoms. The van der Waals surface area contributed by atoms with E-state index < -0.39 is 19.8 Å². The molecular formula is C7H16NO6P. The second kappa shape index (κ2) is 6.92. The first kappa shape index (κ1) is 14.5. The number of carboxylic acid groups (broad SMARTS) is 1. The molecule has 0 amide bonds. The molecule has 0 aromatic rings. The van der Waals surface area contributed by atoms with Crippen LogP contribution in [0.2, 0.25) is 0 Å². The summed E-state index contributed by atoms with van der Waals surface area (Å²) in [5.74, 6) is -1.06. The Morgan fingerprint density at radius 1 is 1.53 bits per heavy atom. The summed E-state index contributed by atoms with van der Waals surface area (Å²) < 4.78 is 14.5. The Balaban J connectivity index is 3.86. The molecule has 0 heterocycles. The van der Waals surface area contributed by atoms with Crippen molar-refractivity contribution in [2.45, 2.75) is 25.8 Å². The summed E-state index contributed by atoms with van der Waals surface area (Å²) in [6, 6.07) is -0.837. The average Bonchev–Trinajstić information content (AvgIpc) is 2.08. The van der Waals surface area contributed by atoms with Gasteiger partial charge in [-0.25, -0.2) is 4.57 Å². The van der Waals surface area contributed by atoms with Gasteiger partial charge in [0.05, 0.1) is 6.61 Å². The van der Waals surface area contributed by atoms with Crippen molar-refractivity contribution in [3.8, 4) is 0 Å². The lowest BCUT2D eigenvalue weighted by Gasteiger charge is -2.13. The van der Waals surface area contributed by atoms with Gasteiger partial charge in [-0.2, -0.15) is 0 Å². The highest BCUT2D eigenvalue weighted by Gasteiger charge is 2.19. The van der Waals surface area contributed by atoms with E-state index in [0.29, 0.717) is 6.54 Å². The van der Waals surface area contributed by atoms with Crippen molar-refractivity contribution in [2.24, 2.45) is 0 Å². The molecule has 0 aliphatic carbocycles. The topological polar surface area (TPSA) is 116 Å². The van der Waals surface area contributed by atoms with Crippen LogP contribution in [-0.2, 0) is 13.9 Å². The molecule has 0 spiro atoms. The van der Waals surface area contributed by atoms with Crippen LogP contribution in [0.1, 0.15) is 19.8 Å². The van der Waals surface area contributed by atoms with Crippen LogP contribution in [-0.4, -0.2) is 40.1 Å². The van der Waals surface area contributed by atoms with Crippen molar-refractivity contribution in [2.75, 3.05) is 13.2 Å². The number of rotatable bonds is 8. The number of nitrogens with one attached hydrogen (secondary N) is 1. The van der Waals surface area contributed by atoms with Gasteiger partial charge in [-0.3, -0.25) is 9.32 Å². The van der Waals surface area contributed by atoms with Crippen LogP contribution in [0.5, 0.6) is 0 Å². The summed E-state index contributed by atoms with van der Waals surface area (Å²) in [5, 5.41) is 11.4. The van der Waals surface area contributed by atoms with E-state index in [0.717, 1.165) is 6.42 Å². The maximum Gasteiger partial charge on any atom is 0.469 e. The molecule has 1 atom stereocenters. The van der Waals surface area contributed by atoms with Crippen molar-refractivity contribution in [3.05, 3.63) is 0 Å². The smallest absolute Gasteiger partial charge is 0.469 e. The minimum Gasteiger partial charge on any atom is -0.480 e. The van der Waals surface area contributed by atoms with Gasteiger partial charge in [0, 0.05) is 0 Å². The third-order valence-electron chi connectivity index (χ3n) is 1.60. The predicted octanol–water partition coefficient (Wildman–Crippen LogP) is -0.0614. The Kier molecular flexibility index (Phi) is 6.71. The number of hydrogen-bond acceptors (Lipinski definition) is 4. The SMILES string of the molecule is CCCNC(CCOP(=O)(O)O)C(=O)O. The molecule has 0 aliphatic rings. The quantitative estimate of drug-likeness (QED) is 0.440. The molecule has 0 saturated carbocycles. The molecule has 0 aromatic carbocycles. The Morgan fingerprint density at radius 3 is 2.53 bits per heavy atom. The number of carboxylic acids is 1. The molecule has 0 saturated heterocycles. The molecule has 7 nitrogen and oxygen atoms in total. The highest BCUT2D eigenvalue weighted by atomic mass is 31.2. The van der Waals surface area contributed by atoms with Crippen molar-refractivity contribution in [1.82, 2.24) is 5.32 Å². The summed E-state index contributed by atoms with van der Waals surface area (Å²) in [4.78, 5) is 27.4. The second-order valence-electron chi connectivity index (χ2n) is 2.96. The van der Waals surface area contributed by atoms with Gasteiger partial charge in [0.15, 0.2) is 0 Å². The number of aliphatic carboxylic acids is 1. The third-order valence-corrected chi connectivity index (χ3v) is 2.12. The molecule has 0 aliphatic heterocycles. The zero-order chi connectivity index (χ0) is 11.9. The normalized spacial score (nSPS) is 13.8. The van der Waals surface area contributed by atoms with Gasteiger partial charge in [-0.1, -0.05) is 6.92 Å². The van der Waals surface area contributed by atoms with Gasteiger partial charge in [0.1, 0.15) is 6.04 Å². The number of carbonyl (C=O) groups is 1. The van der Waals surface area contributed by atoms with Crippen LogP contribution < -0.4 is 5.32 Å². The largest absolute Gasteiger partial charge is 0.480 e. The highest BCUT2D eigenvalue weighted by molar-refractivity contribution is 7.46. The minimum atomic E-state index is -4.50. The van der Waals surface area contributed by atoms with Crippen molar-refractivity contribution < 1.29 is 28.8 Å². The monoisotopic (exact) mass is 241 g/mol. The number of phosphoric acid groups is 1. The van der Waals surface area contributed by atoms with Gasteiger partial charge in [-0.15, -0.1) is 0 Å². The Hall–Kier alpha value is -0.460. The standard InChI is InChI=1S/C7H16NO6P/c1-2-4-8-6(7(9)10)3-5-14-15(11,12)13/h6,8H,2-5H2,1H3,(H,9,10)(H2,11,12,13). The first-order valence-corrected chi connectivity index (χ1v) is 6.06. The fraction of sp³-hybridized carbons (Fsp3) is 0.857. The van der Waals surface area contributed by atoms with Crippen LogP contribution in [0.4, 0.5) is 0 Å². The van der Waals surface area contributed by atoms with Crippen molar-refractivity contribution >= 4 is 13.8 Å². The van der Waals surface area contributed by atoms with Crippen molar-refractivity contribution in [3.63, 3.8) is 0 Å². The lowest BCUT2D eigenvalue weighted by Crippen LogP contribution is -2.37. The van der Waals surface area contributed by atoms with Crippen LogP contribution in [0.15, 0.2) is 0 Å². The van der Waals surface area contributed by atoms with E-state index in [1.807, 2.05) is 6.92 Å². The summed E-state index contributed by atoms with van der Waals surface area (Å²) in [5.41, 5.74) is 0. The molecule has 90 valence electrons. The molecule has 0 aromatic heterocycles. The summed E-state index contributed by atoms with van der Waals surface area (Å²) in [6.45, 7) is 2.13. The van der Waals surface area contributed by atoms with Crippen LogP contribution in [0.3, 0.4) is 0 Å². The van der Waals surface area contributed by atoms with E-state index in [1.165, 1.54) is 0 Å². The summed E-state index contributed by atoms with van der Waals surface area (Å²) in [7, 11) is -4.50. The van der Waals surface area contributed by atoms with Gasteiger partial charge < -0.3 is 20.2 Å². The Labute approximate surface area is 87.7 Å².